The van der Waals surface area contributed by atoms with Gasteiger partial charge in [0.2, 0.25) is 0 Å². The molecule has 0 aliphatic rings. The Hall–Kier alpha value is -1.10. The van der Waals surface area contributed by atoms with Crippen LogP contribution in [0.1, 0.15) is 10.4 Å². The van der Waals surface area contributed by atoms with E-state index in [1.807, 2.05) is 6.26 Å². The Morgan fingerprint density at radius 3 is 2.73 bits per heavy atom. The fraction of sp³-hybridized carbons (Fsp3) is 0.300. The molecule has 0 radical (unpaired) electrons. The van der Waals surface area contributed by atoms with E-state index >= 15 is 0 Å². The van der Waals surface area contributed by atoms with Gasteiger partial charge < -0.3 is 4.74 Å². The molecule has 0 N–H and O–H groups in total. The van der Waals surface area contributed by atoms with Crippen LogP contribution < -0.4 is 0 Å². The Morgan fingerprint density at radius 1 is 1.40 bits per heavy atom. The summed E-state index contributed by atoms with van der Waals surface area (Å²) < 4.78 is 30.1. The number of benzene rings is 1. The van der Waals surface area contributed by atoms with Crippen LogP contribution in [0.2, 0.25) is 0 Å². The first-order valence-electron chi connectivity index (χ1n) is 4.26. The Labute approximate surface area is 90.6 Å². The van der Waals surface area contributed by atoms with E-state index in [1.165, 1.54) is 17.8 Å². The van der Waals surface area contributed by atoms with Crippen molar-refractivity contribution in [2.75, 3.05) is 18.6 Å². The maximum Gasteiger partial charge on any atom is 0.338 e. The summed E-state index contributed by atoms with van der Waals surface area (Å²) >= 11 is 1.53. The van der Waals surface area contributed by atoms with Gasteiger partial charge in [0, 0.05) is 5.75 Å². The highest BCUT2D eigenvalue weighted by Gasteiger charge is 2.10. The van der Waals surface area contributed by atoms with Gasteiger partial charge in [0.15, 0.2) is 11.6 Å². The highest BCUT2D eigenvalue weighted by Crippen LogP contribution is 2.09. The predicted molar refractivity (Wildman–Crippen MR) is 55.0 cm³/mol. The van der Waals surface area contributed by atoms with Crippen molar-refractivity contribution in [1.29, 1.82) is 0 Å². The standard InChI is InChI=1S/C10H10F2O2S/c1-15-5-4-14-10(13)7-2-3-8(11)9(12)6-7/h2-3,6H,4-5H2,1H3. The topological polar surface area (TPSA) is 26.3 Å². The summed E-state index contributed by atoms with van der Waals surface area (Å²) in [7, 11) is 0. The molecule has 0 aromatic heterocycles. The van der Waals surface area contributed by atoms with Gasteiger partial charge >= 0.3 is 5.97 Å². The van der Waals surface area contributed by atoms with Crippen LogP contribution in [0.3, 0.4) is 0 Å². The van der Waals surface area contributed by atoms with E-state index in [2.05, 4.69) is 0 Å². The van der Waals surface area contributed by atoms with Gasteiger partial charge in [-0.15, -0.1) is 0 Å². The van der Waals surface area contributed by atoms with Crippen LogP contribution in [0.5, 0.6) is 0 Å². The molecule has 0 saturated heterocycles. The van der Waals surface area contributed by atoms with E-state index in [-0.39, 0.29) is 12.2 Å². The van der Waals surface area contributed by atoms with Crippen LogP contribution in [0.25, 0.3) is 0 Å². The second-order valence-corrected chi connectivity index (χ2v) is 3.74. The first kappa shape index (κ1) is 12.0. The number of rotatable bonds is 4. The van der Waals surface area contributed by atoms with Crippen molar-refractivity contribution in [2.45, 2.75) is 0 Å². The minimum atomic E-state index is -1.05. The molecule has 0 amide bonds. The van der Waals surface area contributed by atoms with Gasteiger partial charge in [-0.05, 0) is 24.5 Å². The van der Waals surface area contributed by atoms with Crippen molar-refractivity contribution in [3.63, 3.8) is 0 Å². The average Bonchev–Trinajstić information content (AvgIpc) is 2.22. The minimum absolute atomic E-state index is 0.0232. The van der Waals surface area contributed by atoms with Crippen LogP contribution >= 0.6 is 11.8 Å². The lowest BCUT2D eigenvalue weighted by Crippen LogP contribution is -2.08. The molecule has 0 saturated carbocycles. The van der Waals surface area contributed by atoms with Gasteiger partial charge in [-0.2, -0.15) is 11.8 Å². The highest BCUT2D eigenvalue weighted by molar-refractivity contribution is 7.98. The van der Waals surface area contributed by atoms with Crippen molar-refractivity contribution in [1.82, 2.24) is 0 Å². The van der Waals surface area contributed by atoms with Gasteiger partial charge in [-0.25, -0.2) is 13.6 Å². The molecular weight excluding hydrogens is 222 g/mol. The molecule has 0 heterocycles. The summed E-state index contributed by atoms with van der Waals surface area (Å²) in [6.45, 7) is 0.263. The number of carbonyl (C=O) groups is 1. The lowest BCUT2D eigenvalue weighted by Gasteiger charge is -2.03. The second kappa shape index (κ2) is 5.70. The molecule has 0 aliphatic carbocycles. The largest absolute Gasteiger partial charge is 0.461 e. The zero-order valence-electron chi connectivity index (χ0n) is 8.13. The average molecular weight is 232 g/mol. The number of carbonyl (C=O) groups excluding carboxylic acids is 1. The van der Waals surface area contributed by atoms with Crippen molar-refractivity contribution < 1.29 is 18.3 Å². The molecule has 2 nitrogen and oxygen atoms in total. The first-order chi connectivity index (χ1) is 7.15. The summed E-state index contributed by atoms with van der Waals surface area (Å²) in [5.74, 6) is -1.98. The first-order valence-corrected chi connectivity index (χ1v) is 5.65. The summed E-state index contributed by atoms with van der Waals surface area (Å²) in [5.41, 5.74) is 0.0232. The van der Waals surface area contributed by atoms with E-state index in [4.69, 9.17) is 4.74 Å². The third-order valence-electron chi connectivity index (χ3n) is 1.68. The van der Waals surface area contributed by atoms with Crippen LogP contribution in [0, 0.1) is 11.6 Å². The van der Waals surface area contributed by atoms with E-state index < -0.39 is 17.6 Å². The zero-order valence-corrected chi connectivity index (χ0v) is 8.94. The van der Waals surface area contributed by atoms with Crippen molar-refractivity contribution in [2.24, 2.45) is 0 Å². The number of esters is 1. The fourth-order valence-corrected chi connectivity index (χ4v) is 1.17. The Balaban J connectivity index is 2.62. The molecule has 0 atom stereocenters. The molecule has 0 unspecified atom stereocenters. The summed E-state index contributed by atoms with van der Waals surface area (Å²) in [4.78, 5) is 11.3. The maximum absolute atomic E-state index is 12.7. The number of thioether (sulfide) groups is 1. The smallest absolute Gasteiger partial charge is 0.338 e. The summed E-state index contributed by atoms with van der Waals surface area (Å²) in [6.07, 6.45) is 1.88. The van der Waals surface area contributed by atoms with Crippen LogP contribution in [0.15, 0.2) is 18.2 Å². The molecule has 0 fully saturated rings. The van der Waals surface area contributed by atoms with E-state index in [1.54, 1.807) is 0 Å². The summed E-state index contributed by atoms with van der Waals surface area (Å²) in [6, 6.07) is 2.93. The normalized spacial score (nSPS) is 10.1. The second-order valence-electron chi connectivity index (χ2n) is 2.76. The Kier molecular flexibility index (Phi) is 4.55. The van der Waals surface area contributed by atoms with E-state index in [9.17, 15) is 13.6 Å². The number of hydrogen-bond donors (Lipinski definition) is 0. The molecule has 0 aliphatic heterocycles. The lowest BCUT2D eigenvalue weighted by atomic mass is 10.2. The lowest BCUT2D eigenvalue weighted by molar-refractivity contribution is 0.0529. The highest BCUT2D eigenvalue weighted by atomic mass is 32.2. The molecular formula is C10H10F2O2S. The fourth-order valence-electron chi connectivity index (χ4n) is 0.924. The molecule has 1 rings (SSSR count). The molecule has 0 bridgehead atoms. The van der Waals surface area contributed by atoms with Crippen molar-refractivity contribution >= 4 is 17.7 Å². The molecule has 5 heteroatoms. The van der Waals surface area contributed by atoms with Crippen LogP contribution in [-0.4, -0.2) is 24.6 Å². The van der Waals surface area contributed by atoms with Gasteiger partial charge in [0.1, 0.15) is 6.61 Å². The summed E-state index contributed by atoms with van der Waals surface area (Å²) in [5, 5.41) is 0. The molecule has 82 valence electrons. The Morgan fingerprint density at radius 2 is 2.13 bits per heavy atom. The molecule has 1 aromatic carbocycles. The van der Waals surface area contributed by atoms with Gasteiger partial charge in [0.05, 0.1) is 5.56 Å². The van der Waals surface area contributed by atoms with E-state index in [0.29, 0.717) is 5.75 Å². The minimum Gasteiger partial charge on any atom is -0.461 e. The predicted octanol–water partition coefficient (Wildman–Crippen LogP) is 2.48. The van der Waals surface area contributed by atoms with Gasteiger partial charge in [0.25, 0.3) is 0 Å². The van der Waals surface area contributed by atoms with Crippen LogP contribution in [0.4, 0.5) is 8.78 Å². The molecule has 0 spiro atoms. The van der Waals surface area contributed by atoms with Gasteiger partial charge in [-0.1, -0.05) is 0 Å². The van der Waals surface area contributed by atoms with Crippen molar-refractivity contribution in [3.8, 4) is 0 Å². The quantitative estimate of drug-likeness (QED) is 0.589. The SMILES string of the molecule is CSCCOC(=O)c1ccc(F)c(F)c1. The van der Waals surface area contributed by atoms with E-state index in [0.717, 1.165) is 12.1 Å². The number of halogens is 2. The van der Waals surface area contributed by atoms with Crippen LogP contribution in [-0.2, 0) is 4.74 Å². The molecule has 1 aromatic rings. The molecule has 15 heavy (non-hydrogen) atoms. The number of hydrogen-bond acceptors (Lipinski definition) is 3. The monoisotopic (exact) mass is 232 g/mol. The third kappa shape index (κ3) is 3.51. The Bertz CT molecular complexity index is 355. The third-order valence-corrected chi connectivity index (χ3v) is 2.25. The number of ether oxygens (including phenoxy) is 1. The zero-order chi connectivity index (χ0) is 11.3. The van der Waals surface area contributed by atoms with Gasteiger partial charge in [-0.3, -0.25) is 0 Å². The van der Waals surface area contributed by atoms with Crippen molar-refractivity contribution in [3.05, 3.63) is 35.4 Å². The maximum atomic E-state index is 12.7.